The molecule has 1 aromatic carbocycles. The van der Waals surface area contributed by atoms with Crippen molar-refractivity contribution >= 4 is 29.2 Å². The van der Waals surface area contributed by atoms with Gasteiger partial charge in [-0.25, -0.2) is 0 Å². The Balaban J connectivity index is 1.75. The minimum absolute atomic E-state index is 0.127. The number of H-pyrrole nitrogens is 1. The molecule has 1 aliphatic rings. The van der Waals surface area contributed by atoms with Gasteiger partial charge in [0.1, 0.15) is 0 Å². The highest BCUT2D eigenvalue weighted by atomic mass is 16.2. The van der Waals surface area contributed by atoms with Crippen molar-refractivity contribution in [2.24, 2.45) is 0 Å². The number of rotatable bonds is 7. The molecule has 0 atom stereocenters. The maximum Gasteiger partial charge on any atom is 0.256 e. The van der Waals surface area contributed by atoms with Gasteiger partial charge in [-0.1, -0.05) is 19.9 Å². The molecule has 0 radical (unpaired) electrons. The first kappa shape index (κ1) is 19.9. The molecule has 6 nitrogen and oxygen atoms in total. The van der Waals surface area contributed by atoms with E-state index in [1.165, 1.54) is 0 Å². The van der Waals surface area contributed by atoms with E-state index >= 15 is 0 Å². The van der Waals surface area contributed by atoms with E-state index in [2.05, 4.69) is 34.4 Å². The number of hydrogen-bond donors (Lipinski definition) is 3. The number of benzene rings is 1. The van der Waals surface area contributed by atoms with E-state index in [0.29, 0.717) is 23.4 Å². The Labute approximate surface area is 166 Å². The van der Waals surface area contributed by atoms with Gasteiger partial charge < -0.3 is 20.5 Å². The molecule has 0 spiro atoms. The van der Waals surface area contributed by atoms with Gasteiger partial charge in [0.05, 0.1) is 5.57 Å². The molecule has 0 fully saturated rings. The summed E-state index contributed by atoms with van der Waals surface area (Å²) in [6, 6.07) is 7.40. The second-order valence-electron chi connectivity index (χ2n) is 7.10. The number of nitrogens with one attached hydrogen (secondary N) is 3. The van der Waals surface area contributed by atoms with Crippen LogP contribution in [0.5, 0.6) is 0 Å². The Bertz CT molecular complexity index is 923. The van der Waals surface area contributed by atoms with Crippen molar-refractivity contribution in [3.8, 4) is 0 Å². The van der Waals surface area contributed by atoms with Gasteiger partial charge in [0.25, 0.3) is 11.8 Å². The quantitative estimate of drug-likeness (QED) is 0.646. The van der Waals surface area contributed by atoms with Crippen molar-refractivity contribution in [1.29, 1.82) is 0 Å². The number of amides is 2. The fourth-order valence-electron chi connectivity index (χ4n) is 3.49. The van der Waals surface area contributed by atoms with Gasteiger partial charge in [-0.2, -0.15) is 0 Å². The van der Waals surface area contributed by atoms with Gasteiger partial charge in [0.2, 0.25) is 0 Å². The summed E-state index contributed by atoms with van der Waals surface area (Å²) in [4.78, 5) is 30.4. The molecule has 6 heteroatoms. The van der Waals surface area contributed by atoms with Crippen LogP contribution in [0.25, 0.3) is 11.6 Å². The first-order valence-electron chi connectivity index (χ1n) is 9.77. The largest absolute Gasteiger partial charge is 0.359 e. The average molecular weight is 380 g/mol. The van der Waals surface area contributed by atoms with Crippen LogP contribution in [-0.2, 0) is 4.79 Å². The summed E-state index contributed by atoms with van der Waals surface area (Å²) in [5.74, 6) is -0.279. The molecule has 0 saturated carbocycles. The van der Waals surface area contributed by atoms with Crippen molar-refractivity contribution in [1.82, 2.24) is 15.2 Å². The molecule has 2 aromatic rings. The third-order valence-corrected chi connectivity index (χ3v) is 5.15. The zero-order chi connectivity index (χ0) is 20.3. The van der Waals surface area contributed by atoms with E-state index in [1.54, 1.807) is 12.1 Å². The maximum absolute atomic E-state index is 12.4. The summed E-state index contributed by atoms with van der Waals surface area (Å²) >= 11 is 0. The summed E-state index contributed by atoms with van der Waals surface area (Å²) in [7, 11) is 0. The Hall–Kier alpha value is -2.86. The molecule has 1 aromatic heterocycles. The number of anilines is 1. The molecular weight excluding hydrogens is 352 g/mol. The molecule has 1 aliphatic heterocycles. The zero-order valence-corrected chi connectivity index (χ0v) is 17.0. The highest BCUT2D eigenvalue weighted by Gasteiger charge is 2.25. The summed E-state index contributed by atoms with van der Waals surface area (Å²) in [6.07, 6.45) is 1.87. The summed E-state index contributed by atoms with van der Waals surface area (Å²) < 4.78 is 0. The standard InChI is InChI=1S/C22H28N4O2/c1-5-26(6-2)10-9-23-21(27)16-7-8-17-18(22(28)25-20(17)12-16)13-19-14(3)11-15(4)24-19/h7-8,11-13,24H,5-6,9-10H2,1-4H3,(H,23,27)(H,25,28)/b18-13-. The highest BCUT2D eigenvalue weighted by Crippen LogP contribution is 2.34. The monoisotopic (exact) mass is 380 g/mol. The predicted octanol–water partition coefficient (Wildman–Crippen LogP) is 3.20. The lowest BCUT2D eigenvalue weighted by Crippen LogP contribution is -2.34. The average Bonchev–Trinajstić information content (AvgIpc) is 3.16. The Morgan fingerprint density at radius 3 is 2.57 bits per heavy atom. The molecule has 0 bridgehead atoms. The van der Waals surface area contributed by atoms with Gasteiger partial charge >= 0.3 is 0 Å². The van der Waals surface area contributed by atoms with Crippen LogP contribution in [0.15, 0.2) is 24.3 Å². The molecule has 0 unspecified atom stereocenters. The summed E-state index contributed by atoms with van der Waals surface area (Å²) in [5, 5.41) is 5.82. The smallest absolute Gasteiger partial charge is 0.256 e. The Kier molecular flexibility index (Phi) is 5.99. The van der Waals surface area contributed by atoms with Crippen molar-refractivity contribution in [2.45, 2.75) is 27.7 Å². The third-order valence-electron chi connectivity index (χ3n) is 5.15. The zero-order valence-electron chi connectivity index (χ0n) is 17.0. The van der Waals surface area contributed by atoms with Gasteiger partial charge in [-0.05, 0) is 56.8 Å². The van der Waals surface area contributed by atoms with Crippen LogP contribution < -0.4 is 10.6 Å². The summed E-state index contributed by atoms with van der Waals surface area (Å²) in [6.45, 7) is 11.6. The van der Waals surface area contributed by atoms with E-state index in [4.69, 9.17) is 0 Å². The number of aryl methyl sites for hydroxylation is 2. The lowest BCUT2D eigenvalue weighted by atomic mass is 10.0. The lowest BCUT2D eigenvalue weighted by molar-refractivity contribution is -0.110. The Morgan fingerprint density at radius 2 is 1.93 bits per heavy atom. The van der Waals surface area contributed by atoms with Crippen LogP contribution in [0.3, 0.4) is 0 Å². The minimum Gasteiger partial charge on any atom is -0.359 e. The molecule has 148 valence electrons. The predicted molar refractivity (Wildman–Crippen MR) is 113 cm³/mol. The van der Waals surface area contributed by atoms with E-state index in [9.17, 15) is 9.59 Å². The van der Waals surface area contributed by atoms with Gasteiger partial charge in [0, 0.05) is 41.3 Å². The number of aromatic nitrogens is 1. The van der Waals surface area contributed by atoms with Crippen LogP contribution >= 0.6 is 0 Å². The van der Waals surface area contributed by atoms with E-state index in [-0.39, 0.29) is 11.8 Å². The molecule has 2 heterocycles. The van der Waals surface area contributed by atoms with Crippen LogP contribution in [0, 0.1) is 13.8 Å². The second-order valence-corrected chi connectivity index (χ2v) is 7.10. The lowest BCUT2D eigenvalue weighted by Gasteiger charge is -2.18. The van der Waals surface area contributed by atoms with E-state index < -0.39 is 0 Å². The molecule has 28 heavy (non-hydrogen) atoms. The van der Waals surface area contributed by atoms with Crippen molar-refractivity contribution in [2.75, 3.05) is 31.5 Å². The van der Waals surface area contributed by atoms with Crippen LogP contribution in [0.2, 0.25) is 0 Å². The van der Waals surface area contributed by atoms with Crippen LogP contribution in [0.4, 0.5) is 5.69 Å². The third kappa shape index (κ3) is 4.17. The minimum atomic E-state index is -0.152. The fourth-order valence-corrected chi connectivity index (χ4v) is 3.49. The van der Waals surface area contributed by atoms with Crippen molar-refractivity contribution in [3.63, 3.8) is 0 Å². The number of aromatic amines is 1. The topological polar surface area (TPSA) is 77.2 Å². The molecule has 3 rings (SSSR count). The van der Waals surface area contributed by atoms with Crippen molar-refractivity contribution < 1.29 is 9.59 Å². The molecule has 3 N–H and O–H groups in total. The normalized spacial score (nSPS) is 14.5. The fraction of sp³-hybridized carbons (Fsp3) is 0.364. The molecular formula is C22H28N4O2. The van der Waals surface area contributed by atoms with Gasteiger partial charge in [0.15, 0.2) is 0 Å². The van der Waals surface area contributed by atoms with Crippen molar-refractivity contribution in [3.05, 3.63) is 52.3 Å². The van der Waals surface area contributed by atoms with Gasteiger partial charge in [-0.3, -0.25) is 9.59 Å². The van der Waals surface area contributed by atoms with Crippen LogP contribution in [0.1, 0.15) is 46.7 Å². The molecule has 0 saturated heterocycles. The Morgan fingerprint density at radius 1 is 1.18 bits per heavy atom. The number of hydrogen-bond acceptors (Lipinski definition) is 3. The number of likely N-dealkylation sites (N-methyl/N-ethyl adjacent to an activating group) is 1. The second kappa shape index (κ2) is 8.44. The first-order chi connectivity index (χ1) is 13.4. The first-order valence-corrected chi connectivity index (χ1v) is 9.77. The number of fused-ring (bicyclic) bond motifs is 1. The van der Waals surface area contributed by atoms with E-state index in [0.717, 1.165) is 42.1 Å². The van der Waals surface area contributed by atoms with Crippen LogP contribution in [-0.4, -0.2) is 47.9 Å². The maximum atomic E-state index is 12.4. The molecule has 0 aliphatic carbocycles. The SMILES string of the molecule is CCN(CC)CCNC(=O)c1ccc2c(c1)NC(=O)/C2=C\c1[nH]c(C)cc1C. The van der Waals surface area contributed by atoms with Gasteiger partial charge in [-0.15, -0.1) is 0 Å². The highest BCUT2D eigenvalue weighted by molar-refractivity contribution is 6.35. The number of nitrogens with zero attached hydrogens (tertiary/aromatic N) is 1. The molecule has 2 amide bonds. The summed E-state index contributed by atoms with van der Waals surface area (Å²) in [5.41, 5.74) is 5.72. The van der Waals surface area contributed by atoms with E-state index in [1.807, 2.05) is 32.1 Å². The number of carbonyl (C=O) groups excluding carboxylic acids is 2. The number of carbonyl (C=O) groups is 2.